The summed E-state index contributed by atoms with van der Waals surface area (Å²) in [7, 11) is 0. The largest absolute Gasteiger partial charge is 0.343 e. The second-order valence-corrected chi connectivity index (χ2v) is 5.22. The molecule has 0 bridgehead atoms. The van der Waals surface area contributed by atoms with E-state index in [1.54, 1.807) is 6.08 Å². The molecule has 1 amide bonds. The lowest BCUT2D eigenvalue weighted by Crippen LogP contribution is -2.34. The average Bonchev–Trinajstić information content (AvgIpc) is 3.08. The number of hydrogen-bond donors (Lipinski definition) is 0. The van der Waals surface area contributed by atoms with Crippen LogP contribution < -0.4 is 0 Å². The minimum atomic E-state index is 0.111. The van der Waals surface area contributed by atoms with Crippen LogP contribution in [0.15, 0.2) is 29.4 Å². The Kier molecular flexibility index (Phi) is 3.72. The third-order valence-corrected chi connectivity index (χ3v) is 3.43. The molecule has 0 aliphatic heterocycles. The van der Waals surface area contributed by atoms with Crippen molar-refractivity contribution >= 4 is 21.8 Å². The van der Waals surface area contributed by atoms with Gasteiger partial charge in [0.25, 0.3) is 5.91 Å². The summed E-state index contributed by atoms with van der Waals surface area (Å²) in [5.41, 5.74) is 0.758. The van der Waals surface area contributed by atoms with Gasteiger partial charge in [0.05, 0.1) is 0 Å². The molecule has 0 aromatic carbocycles. The molecule has 0 radical (unpaired) electrons. The van der Waals surface area contributed by atoms with Gasteiger partial charge in [-0.15, -0.1) is 6.58 Å². The van der Waals surface area contributed by atoms with E-state index in [0.29, 0.717) is 12.6 Å². The highest BCUT2D eigenvalue weighted by Gasteiger charge is 2.33. The maximum atomic E-state index is 12.4. The predicted octanol–water partition coefficient (Wildman–Crippen LogP) is 3.06. The van der Waals surface area contributed by atoms with E-state index in [1.165, 1.54) is 0 Å². The number of carbonyl (C=O) groups is 1. The van der Waals surface area contributed by atoms with Gasteiger partial charge in [0.15, 0.2) is 0 Å². The number of hydrogen-bond acceptors (Lipinski definition) is 1. The van der Waals surface area contributed by atoms with Gasteiger partial charge in [-0.3, -0.25) is 4.79 Å². The van der Waals surface area contributed by atoms with Crippen molar-refractivity contribution in [3.63, 3.8) is 0 Å². The molecule has 1 fully saturated rings. The number of aromatic nitrogens is 1. The van der Waals surface area contributed by atoms with E-state index in [2.05, 4.69) is 22.5 Å². The molecule has 1 aliphatic rings. The monoisotopic (exact) mass is 296 g/mol. The van der Waals surface area contributed by atoms with E-state index in [1.807, 2.05) is 28.7 Å². The summed E-state index contributed by atoms with van der Waals surface area (Å²) in [4.78, 5) is 14.4. The minimum absolute atomic E-state index is 0.111. The Balaban J connectivity index is 2.24. The highest BCUT2D eigenvalue weighted by molar-refractivity contribution is 9.10. The molecule has 3 nitrogen and oxygen atoms in total. The maximum absolute atomic E-state index is 12.4. The molecule has 4 heteroatoms. The zero-order valence-corrected chi connectivity index (χ0v) is 11.6. The molecule has 17 heavy (non-hydrogen) atoms. The summed E-state index contributed by atoms with van der Waals surface area (Å²) in [6.45, 7) is 7.20. The summed E-state index contributed by atoms with van der Waals surface area (Å²) in [6.07, 6.45) is 5.98. The van der Waals surface area contributed by atoms with Crippen molar-refractivity contribution in [2.45, 2.75) is 32.4 Å². The molecule has 1 heterocycles. The van der Waals surface area contributed by atoms with E-state index in [-0.39, 0.29) is 5.91 Å². The van der Waals surface area contributed by atoms with Gasteiger partial charge in [0.1, 0.15) is 5.69 Å². The first-order valence-electron chi connectivity index (χ1n) is 5.95. The molecule has 1 aromatic heterocycles. The molecule has 0 saturated heterocycles. The first-order chi connectivity index (χ1) is 8.17. The van der Waals surface area contributed by atoms with Crippen LogP contribution in [0, 0.1) is 0 Å². The number of amides is 1. The molecule has 92 valence electrons. The molecule has 0 unspecified atom stereocenters. The lowest BCUT2D eigenvalue weighted by molar-refractivity contribution is 0.0752. The standard InChI is InChI=1S/C13H17BrN2O/c1-3-7-16(11-5-6-11)13(17)12-8-10(14)9-15(12)4-2/h3,8-9,11H,1,4-7H2,2H3. The smallest absolute Gasteiger partial charge is 0.271 e. The van der Waals surface area contributed by atoms with Crippen LogP contribution in [0.3, 0.4) is 0 Å². The zero-order chi connectivity index (χ0) is 12.4. The average molecular weight is 297 g/mol. The van der Waals surface area contributed by atoms with Gasteiger partial charge in [-0.25, -0.2) is 0 Å². The van der Waals surface area contributed by atoms with E-state index in [9.17, 15) is 4.79 Å². The lowest BCUT2D eigenvalue weighted by Gasteiger charge is -2.21. The maximum Gasteiger partial charge on any atom is 0.271 e. The summed E-state index contributed by atoms with van der Waals surface area (Å²) in [5, 5.41) is 0. The summed E-state index contributed by atoms with van der Waals surface area (Å²) < 4.78 is 2.93. The Bertz CT molecular complexity index is 435. The van der Waals surface area contributed by atoms with Gasteiger partial charge in [-0.05, 0) is 41.8 Å². The SMILES string of the molecule is C=CCN(C(=O)c1cc(Br)cn1CC)C1CC1. The second-order valence-electron chi connectivity index (χ2n) is 4.31. The van der Waals surface area contributed by atoms with Crippen LogP contribution in [-0.4, -0.2) is 28.0 Å². The van der Waals surface area contributed by atoms with Crippen LogP contribution >= 0.6 is 15.9 Å². The van der Waals surface area contributed by atoms with Crippen LogP contribution in [0.1, 0.15) is 30.3 Å². The normalized spacial score (nSPS) is 14.7. The Labute approximate surface area is 110 Å². The summed E-state index contributed by atoms with van der Waals surface area (Å²) >= 11 is 3.42. The number of rotatable bonds is 5. The fourth-order valence-corrected chi connectivity index (χ4v) is 2.45. The number of nitrogens with zero attached hydrogens (tertiary/aromatic N) is 2. The minimum Gasteiger partial charge on any atom is -0.343 e. The highest BCUT2D eigenvalue weighted by atomic mass is 79.9. The first-order valence-corrected chi connectivity index (χ1v) is 6.74. The van der Waals surface area contributed by atoms with Crippen molar-refractivity contribution in [2.24, 2.45) is 0 Å². The lowest BCUT2D eigenvalue weighted by atomic mass is 10.3. The van der Waals surface area contributed by atoms with Gasteiger partial charge in [0.2, 0.25) is 0 Å². The Morgan fingerprint density at radius 1 is 1.71 bits per heavy atom. The van der Waals surface area contributed by atoms with Gasteiger partial charge < -0.3 is 9.47 Å². The van der Waals surface area contributed by atoms with Gasteiger partial charge in [-0.1, -0.05) is 6.08 Å². The second kappa shape index (κ2) is 5.08. The highest BCUT2D eigenvalue weighted by Crippen LogP contribution is 2.29. The van der Waals surface area contributed by atoms with Gasteiger partial charge >= 0.3 is 0 Å². The van der Waals surface area contributed by atoms with Crippen molar-refractivity contribution in [1.29, 1.82) is 0 Å². The topological polar surface area (TPSA) is 25.2 Å². The molecular formula is C13H17BrN2O. The zero-order valence-electron chi connectivity index (χ0n) is 10.0. The van der Waals surface area contributed by atoms with Crippen molar-refractivity contribution in [3.05, 3.63) is 35.1 Å². The number of halogens is 1. The van der Waals surface area contributed by atoms with Crippen LogP contribution in [0.4, 0.5) is 0 Å². The molecule has 1 aromatic rings. The van der Waals surface area contributed by atoms with Gasteiger partial charge in [-0.2, -0.15) is 0 Å². The fourth-order valence-electron chi connectivity index (χ4n) is 1.99. The van der Waals surface area contributed by atoms with Crippen LogP contribution in [0.5, 0.6) is 0 Å². The van der Waals surface area contributed by atoms with Crippen molar-refractivity contribution in [1.82, 2.24) is 9.47 Å². The quantitative estimate of drug-likeness (QED) is 0.767. The Morgan fingerprint density at radius 2 is 2.41 bits per heavy atom. The number of aryl methyl sites for hydroxylation is 1. The Morgan fingerprint density at radius 3 is 2.94 bits per heavy atom. The molecule has 0 N–H and O–H groups in total. The molecular weight excluding hydrogens is 280 g/mol. The van der Waals surface area contributed by atoms with E-state index in [4.69, 9.17) is 0 Å². The third-order valence-electron chi connectivity index (χ3n) is 3.00. The molecule has 2 rings (SSSR count). The van der Waals surface area contributed by atoms with E-state index in [0.717, 1.165) is 29.6 Å². The Hall–Kier alpha value is -1.03. The van der Waals surface area contributed by atoms with Crippen LogP contribution in [-0.2, 0) is 6.54 Å². The molecule has 1 saturated carbocycles. The van der Waals surface area contributed by atoms with Crippen LogP contribution in [0.25, 0.3) is 0 Å². The number of carbonyl (C=O) groups excluding carboxylic acids is 1. The molecule has 1 aliphatic carbocycles. The van der Waals surface area contributed by atoms with Crippen molar-refractivity contribution in [3.8, 4) is 0 Å². The third kappa shape index (κ3) is 2.63. The molecule has 0 atom stereocenters. The van der Waals surface area contributed by atoms with E-state index >= 15 is 0 Å². The molecule has 0 spiro atoms. The van der Waals surface area contributed by atoms with Gasteiger partial charge in [0, 0.05) is 29.8 Å². The first kappa shape index (κ1) is 12.4. The predicted molar refractivity (Wildman–Crippen MR) is 72.1 cm³/mol. The summed E-state index contributed by atoms with van der Waals surface area (Å²) in [5.74, 6) is 0.111. The van der Waals surface area contributed by atoms with E-state index < -0.39 is 0 Å². The summed E-state index contributed by atoms with van der Waals surface area (Å²) in [6, 6.07) is 2.31. The fraction of sp³-hybridized carbons (Fsp3) is 0.462. The van der Waals surface area contributed by atoms with Crippen molar-refractivity contribution in [2.75, 3.05) is 6.54 Å². The van der Waals surface area contributed by atoms with Crippen LogP contribution in [0.2, 0.25) is 0 Å². The van der Waals surface area contributed by atoms with Crippen molar-refractivity contribution < 1.29 is 4.79 Å².